The van der Waals surface area contributed by atoms with Crippen LogP contribution in [0.15, 0.2) is 45.5 Å². The molecule has 1 aliphatic heterocycles. The van der Waals surface area contributed by atoms with Crippen molar-refractivity contribution in [3.63, 3.8) is 0 Å². The molecule has 0 aliphatic carbocycles. The van der Waals surface area contributed by atoms with Crippen LogP contribution in [0.3, 0.4) is 0 Å². The first-order valence-corrected chi connectivity index (χ1v) is 8.50. The molecule has 0 aromatic heterocycles. The number of benzene rings is 1. The number of esters is 1. The Kier molecular flexibility index (Phi) is 5.89. The first-order valence-electron chi connectivity index (χ1n) is 7.71. The first-order chi connectivity index (χ1) is 11.8. The maximum Gasteiger partial charge on any atom is 0.340 e. The highest BCUT2D eigenvalue weighted by molar-refractivity contribution is 9.10. The SMILES string of the molecule is CCOC(=O)C1=C(N)OC(C)=C(C(C)=O)[C@@H]1c1ccc(OC)c(Br)c1. The molecule has 6 nitrogen and oxygen atoms in total. The molecule has 0 fully saturated rings. The number of rotatable bonds is 5. The summed E-state index contributed by atoms with van der Waals surface area (Å²) < 4.78 is 16.5. The topological polar surface area (TPSA) is 87.9 Å². The van der Waals surface area contributed by atoms with Crippen LogP contribution in [0.5, 0.6) is 5.75 Å². The summed E-state index contributed by atoms with van der Waals surface area (Å²) in [7, 11) is 1.56. The Bertz CT molecular complexity index is 782. The zero-order chi connectivity index (χ0) is 18.7. The molecular weight excluding hydrogens is 390 g/mol. The number of ether oxygens (including phenoxy) is 3. The number of carbonyl (C=O) groups excluding carboxylic acids is 2. The van der Waals surface area contributed by atoms with Gasteiger partial charge in [-0.1, -0.05) is 6.07 Å². The number of Topliss-reactive ketones (excluding diaryl/α,β-unsaturated/α-hetero) is 1. The van der Waals surface area contributed by atoms with Gasteiger partial charge >= 0.3 is 5.97 Å². The summed E-state index contributed by atoms with van der Waals surface area (Å²) in [6.07, 6.45) is 0. The van der Waals surface area contributed by atoms with Gasteiger partial charge in [0, 0.05) is 5.57 Å². The maximum atomic E-state index is 12.5. The molecule has 0 unspecified atom stereocenters. The van der Waals surface area contributed by atoms with Crippen LogP contribution >= 0.6 is 15.9 Å². The number of halogens is 1. The number of hydrogen-bond donors (Lipinski definition) is 1. The number of carbonyl (C=O) groups is 2. The molecule has 1 atom stereocenters. The van der Waals surface area contributed by atoms with E-state index in [1.165, 1.54) is 6.92 Å². The van der Waals surface area contributed by atoms with E-state index in [4.69, 9.17) is 19.9 Å². The molecule has 0 saturated carbocycles. The van der Waals surface area contributed by atoms with Crippen molar-refractivity contribution in [3.8, 4) is 5.75 Å². The van der Waals surface area contributed by atoms with Gasteiger partial charge in [-0.25, -0.2) is 4.79 Å². The summed E-state index contributed by atoms with van der Waals surface area (Å²) in [6, 6.07) is 5.32. The molecule has 2 N–H and O–H groups in total. The van der Waals surface area contributed by atoms with Gasteiger partial charge in [-0.2, -0.15) is 0 Å². The van der Waals surface area contributed by atoms with E-state index in [9.17, 15) is 9.59 Å². The lowest BCUT2D eigenvalue weighted by atomic mass is 9.81. The normalized spacial score (nSPS) is 17.2. The molecule has 0 spiro atoms. The van der Waals surface area contributed by atoms with Gasteiger partial charge in [-0.05, 0) is 54.4 Å². The van der Waals surface area contributed by atoms with Crippen LogP contribution < -0.4 is 10.5 Å². The minimum atomic E-state index is -0.674. The van der Waals surface area contributed by atoms with Crippen LogP contribution in [0.4, 0.5) is 0 Å². The van der Waals surface area contributed by atoms with Gasteiger partial charge in [0.1, 0.15) is 17.1 Å². The number of nitrogens with two attached hydrogens (primary N) is 1. The highest BCUT2D eigenvalue weighted by Gasteiger charge is 2.38. The summed E-state index contributed by atoms with van der Waals surface area (Å²) in [5, 5.41) is 0. The number of ketones is 1. The summed E-state index contributed by atoms with van der Waals surface area (Å²) in [5.74, 6) is -0.539. The lowest BCUT2D eigenvalue weighted by molar-refractivity contribution is -0.139. The fourth-order valence-corrected chi connectivity index (χ4v) is 3.40. The van der Waals surface area contributed by atoms with Crippen molar-refractivity contribution in [2.24, 2.45) is 5.73 Å². The zero-order valence-corrected chi connectivity index (χ0v) is 16.1. The summed E-state index contributed by atoms with van der Waals surface area (Å²) in [5.41, 5.74) is 7.15. The fraction of sp³-hybridized carbons (Fsp3) is 0.333. The molecule has 1 aromatic carbocycles. The van der Waals surface area contributed by atoms with Gasteiger partial charge in [0.2, 0.25) is 5.88 Å². The van der Waals surface area contributed by atoms with Crippen molar-refractivity contribution in [2.75, 3.05) is 13.7 Å². The average molecular weight is 410 g/mol. The zero-order valence-electron chi connectivity index (χ0n) is 14.5. The third kappa shape index (κ3) is 3.71. The van der Waals surface area contributed by atoms with E-state index in [0.717, 1.165) is 0 Å². The Hall–Kier alpha value is -2.28. The van der Waals surface area contributed by atoms with Crippen molar-refractivity contribution in [1.29, 1.82) is 0 Å². The predicted molar refractivity (Wildman–Crippen MR) is 95.7 cm³/mol. The molecular formula is C18H20BrNO5. The second-order valence-corrected chi connectivity index (χ2v) is 6.31. The standard InChI is InChI=1S/C18H20BrNO5/c1-5-24-18(22)16-15(11-6-7-13(23-4)12(19)8-11)14(9(2)21)10(3)25-17(16)20/h6-8,15H,5,20H2,1-4H3/t15-/m0/s1. The highest BCUT2D eigenvalue weighted by Crippen LogP contribution is 2.42. The molecule has 2 rings (SSSR count). The van der Waals surface area contributed by atoms with E-state index in [2.05, 4.69) is 15.9 Å². The smallest absolute Gasteiger partial charge is 0.340 e. The van der Waals surface area contributed by atoms with Gasteiger partial charge in [0.15, 0.2) is 5.78 Å². The molecule has 0 amide bonds. The van der Waals surface area contributed by atoms with Gasteiger partial charge in [-0.3, -0.25) is 4.79 Å². The lowest BCUT2D eigenvalue weighted by Crippen LogP contribution is -2.28. The second kappa shape index (κ2) is 7.74. The minimum Gasteiger partial charge on any atom is -0.496 e. The van der Waals surface area contributed by atoms with Gasteiger partial charge in [0.05, 0.1) is 24.1 Å². The Morgan fingerprint density at radius 1 is 1.32 bits per heavy atom. The van der Waals surface area contributed by atoms with Crippen molar-refractivity contribution >= 4 is 27.7 Å². The molecule has 0 radical (unpaired) electrons. The predicted octanol–water partition coefficient (Wildman–Crippen LogP) is 3.17. The Balaban J connectivity index is 2.66. The maximum absolute atomic E-state index is 12.5. The Morgan fingerprint density at radius 2 is 2.00 bits per heavy atom. The second-order valence-electron chi connectivity index (χ2n) is 5.45. The lowest BCUT2D eigenvalue weighted by Gasteiger charge is -2.29. The van der Waals surface area contributed by atoms with E-state index < -0.39 is 11.9 Å². The molecule has 1 aromatic rings. The number of methoxy groups -OCH3 is 1. The van der Waals surface area contributed by atoms with Gasteiger partial charge in [0.25, 0.3) is 0 Å². The van der Waals surface area contributed by atoms with E-state index in [1.54, 1.807) is 39.2 Å². The number of hydrogen-bond acceptors (Lipinski definition) is 6. The van der Waals surface area contributed by atoms with Gasteiger partial charge in [-0.15, -0.1) is 0 Å². The molecule has 134 valence electrons. The third-order valence-corrected chi connectivity index (χ3v) is 4.49. The molecule has 1 heterocycles. The van der Waals surface area contributed by atoms with E-state index in [0.29, 0.717) is 27.1 Å². The molecule has 7 heteroatoms. The Morgan fingerprint density at radius 3 is 2.52 bits per heavy atom. The molecule has 1 aliphatic rings. The first kappa shape index (κ1) is 19.1. The minimum absolute atomic E-state index is 0.0575. The van der Waals surface area contributed by atoms with Crippen LogP contribution in [0.2, 0.25) is 0 Å². The van der Waals surface area contributed by atoms with E-state index in [-0.39, 0.29) is 23.8 Å². The fourth-order valence-electron chi connectivity index (χ4n) is 2.84. The van der Waals surface area contributed by atoms with Crippen LogP contribution in [0, 0.1) is 0 Å². The molecule has 25 heavy (non-hydrogen) atoms. The van der Waals surface area contributed by atoms with Crippen LogP contribution in [-0.2, 0) is 19.1 Å². The van der Waals surface area contributed by atoms with E-state index in [1.807, 2.05) is 0 Å². The summed E-state index contributed by atoms with van der Waals surface area (Å²) >= 11 is 3.43. The summed E-state index contributed by atoms with van der Waals surface area (Å²) in [4.78, 5) is 24.7. The monoisotopic (exact) mass is 409 g/mol. The van der Waals surface area contributed by atoms with Crippen LogP contribution in [-0.4, -0.2) is 25.5 Å². The van der Waals surface area contributed by atoms with Crippen molar-refractivity contribution in [2.45, 2.75) is 26.7 Å². The number of allylic oxidation sites excluding steroid dienone is 2. The van der Waals surface area contributed by atoms with E-state index >= 15 is 0 Å². The average Bonchev–Trinajstić information content (AvgIpc) is 2.53. The van der Waals surface area contributed by atoms with Crippen LogP contribution in [0.1, 0.15) is 32.3 Å². The van der Waals surface area contributed by atoms with Crippen LogP contribution in [0.25, 0.3) is 0 Å². The largest absolute Gasteiger partial charge is 0.496 e. The van der Waals surface area contributed by atoms with Crippen molar-refractivity contribution in [3.05, 3.63) is 51.0 Å². The quantitative estimate of drug-likeness (QED) is 0.751. The Labute approximate surface area is 154 Å². The molecule has 0 bridgehead atoms. The molecule has 0 saturated heterocycles. The van der Waals surface area contributed by atoms with Crippen molar-refractivity contribution < 1.29 is 23.8 Å². The summed E-state index contributed by atoms with van der Waals surface area (Å²) in [6.45, 7) is 4.96. The van der Waals surface area contributed by atoms with Crippen molar-refractivity contribution in [1.82, 2.24) is 0 Å². The highest BCUT2D eigenvalue weighted by atomic mass is 79.9. The van der Waals surface area contributed by atoms with Gasteiger partial charge < -0.3 is 19.9 Å². The third-order valence-electron chi connectivity index (χ3n) is 3.87.